The van der Waals surface area contributed by atoms with E-state index in [9.17, 15) is 0 Å². The maximum atomic E-state index is 5.55. The van der Waals surface area contributed by atoms with Crippen molar-refractivity contribution >= 4 is 11.8 Å². The lowest BCUT2D eigenvalue weighted by Gasteiger charge is -2.41. The van der Waals surface area contributed by atoms with E-state index in [0.29, 0.717) is 16.9 Å². The first-order valence-electron chi connectivity index (χ1n) is 5.66. The van der Waals surface area contributed by atoms with Gasteiger partial charge in [0.25, 0.3) is 0 Å². The van der Waals surface area contributed by atoms with Crippen molar-refractivity contribution in [2.75, 3.05) is 19.4 Å². The van der Waals surface area contributed by atoms with Gasteiger partial charge >= 0.3 is 0 Å². The van der Waals surface area contributed by atoms with Crippen LogP contribution in [0.4, 0.5) is 0 Å². The fourth-order valence-corrected chi connectivity index (χ4v) is 3.27. The molecule has 2 unspecified atom stereocenters. The zero-order chi connectivity index (χ0) is 10.0. The zero-order valence-corrected chi connectivity index (χ0v) is 10.0. The Bertz CT molecular complexity index is 188. The van der Waals surface area contributed by atoms with Crippen LogP contribution < -0.4 is 5.32 Å². The minimum atomic E-state index is 0.411. The minimum absolute atomic E-state index is 0.411. The second kappa shape index (κ2) is 4.42. The van der Waals surface area contributed by atoms with Gasteiger partial charge in [0, 0.05) is 23.9 Å². The fourth-order valence-electron chi connectivity index (χ4n) is 2.34. The Morgan fingerprint density at radius 3 is 2.71 bits per heavy atom. The van der Waals surface area contributed by atoms with Gasteiger partial charge in [-0.15, -0.1) is 0 Å². The molecule has 3 heteroatoms. The second-order valence-corrected chi connectivity index (χ2v) is 5.87. The molecule has 82 valence electrons. The van der Waals surface area contributed by atoms with Crippen molar-refractivity contribution in [1.82, 2.24) is 5.32 Å². The van der Waals surface area contributed by atoms with Crippen molar-refractivity contribution in [3.05, 3.63) is 0 Å². The molecule has 0 amide bonds. The number of ether oxygens (including phenoxy) is 1. The summed E-state index contributed by atoms with van der Waals surface area (Å²) < 4.78 is 6.10. The maximum Gasteiger partial charge on any atom is 0.0700 e. The number of hydrogen-bond acceptors (Lipinski definition) is 3. The van der Waals surface area contributed by atoms with Crippen LogP contribution in [0.1, 0.15) is 32.6 Å². The van der Waals surface area contributed by atoms with E-state index in [2.05, 4.69) is 18.5 Å². The third-order valence-corrected chi connectivity index (χ3v) is 5.18. The van der Waals surface area contributed by atoms with E-state index < -0.39 is 0 Å². The summed E-state index contributed by atoms with van der Waals surface area (Å²) in [5, 5.41) is 3.68. The molecule has 1 saturated heterocycles. The van der Waals surface area contributed by atoms with E-state index >= 15 is 0 Å². The van der Waals surface area contributed by atoms with E-state index in [1.807, 2.05) is 11.8 Å². The van der Waals surface area contributed by atoms with Crippen LogP contribution in [0.5, 0.6) is 0 Å². The molecule has 1 N–H and O–H groups in total. The number of nitrogens with one attached hydrogen (secondary N) is 1. The summed E-state index contributed by atoms with van der Waals surface area (Å²) in [5.41, 5.74) is 0. The summed E-state index contributed by atoms with van der Waals surface area (Å²) in [7, 11) is 0. The van der Waals surface area contributed by atoms with Gasteiger partial charge in [-0.3, -0.25) is 0 Å². The van der Waals surface area contributed by atoms with E-state index in [4.69, 9.17) is 4.74 Å². The van der Waals surface area contributed by atoms with Gasteiger partial charge in [0.1, 0.15) is 0 Å². The van der Waals surface area contributed by atoms with Gasteiger partial charge in [-0.2, -0.15) is 11.8 Å². The highest BCUT2D eigenvalue weighted by molar-refractivity contribution is 8.00. The van der Waals surface area contributed by atoms with Gasteiger partial charge in [-0.1, -0.05) is 6.42 Å². The molecule has 1 saturated carbocycles. The van der Waals surface area contributed by atoms with E-state index in [-0.39, 0.29) is 0 Å². The van der Waals surface area contributed by atoms with Crippen LogP contribution in [0.3, 0.4) is 0 Å². The van der Waals surface area contributed by atoms with Crippen LogP contribution in [-0.2, 0) is 4.74 Å². The first-order valence-corrected chi connectivity index (χ1v) is 6.88. The third-order valence-electron chi connectivity index (χ3n) is 3.76. The Hall–Kier alpha value is 0.270. The molecule has 1 heterocycles. The SMILES string of the molecule is CSC1(CNC2CCOC2C)CCC1. The molecule has 1 aliphatic carbocycles. The summed E-state index contributed by atoms with van der Waals surface area (Å²) >= 11 is 2.04. The summed E-state index contributed by atoms with van der Waals surface area (Å²) in [6.45, 7) is 4.29. The third kappa shape index (κ3) is 2.10. The molecule has 0 aromatic carbocycles. The molecule has 2 nitrogen and oxygen atoms in total. The lowest BCUT2D eigenvalue weighted by molar-refractivity contribution is 0.112. The van der Waals surface area contributed by atoms with E-state index in [1.54, 1.807) is 0 Å². The van der Waals surface area contributed by atoms with Gasteiger partial charge in [0.15, 0.2) is 0 Å². The average Bonchev–Trinajstić information content (AvgIpc) is 2.51. The minimum Gasteiger partial charge on any atom is -0.377 e. The molecule has 0 aromatic heterocycles. The number of hydrogen-bond donors (Lipinski definition) is 1. The normalized spacial score (nSPS) is 35.6. The highest BCUT2D eigenvalue weighted by Crippen LogP contribution is 2.42. The van der Waals surface area contributed by atoms with Crippen molar-refractivity contribution in [2.45, 2.75) is 49.5 Å². The van der Waals surface area contributed by atoms with Crippen LogP contribution >= 0.6 is 11.8 Å². The maximum absolute atomic E-state index is 5.55. The van der Waals surface area contributed by atoms with Gasteiger partial charge in [-0.25, -0.2) is 0 Å². The standard InChI is InChI=1S/C11H21NOS/c1-9-10(4-7-13-9)12-8-11(14-2)5-3-6-11/h9-10,12H,3-8H2,1-2H3. The smallest absolute Gasteiger partial charge is 0.0700 e. The summed E-state index contributed by atoms with van der Waals surface area (Å²) in [5.74, 6) is 0. The second-order valence-electron chi connectivity index (χ2n) is 4.59. The zero-order valence-electron chi connectivity index (χ0n) is 9.21. The lowest BCUT2D eigenvalue weighted by atomic mass is 9.84. The predicted molar refractivity (Wildman–Crippen MR) is 61.9 cm³/mol. The topological polar surface area (TPSA) is 21.3 Å². The Labute approximate surface area is 91.2 Å². The largest absolute Gasteiger partial charge is 0.377 e. The molecule has 0 bridgehead atoms. The molecule has 2 aliphatic rings. The fraction of sp³-hybridized carbons (Fsp3) is 1.00. The number of rotatable bonds is 4. The Balaban J connectivity index is 1.75. The molecule has 2 atom stereocenters. The van der Waals surface area contributed by atoms with Crippen LogP contribution in [0.2, 0.25) is 0 Å². The number of thioether (sulfide) groups is 1. The van der Waals surface area contributed by atoms with Crippen molar-refractivity contribution < 1.29 is 4.74 Å². The van der Waals surface area contributed by atoms with E-state index in [1.165, 1.54) is 32.2 Å². The Morgan fingerprint density at radius 2 is 2.29 bits per heavy atom. The van der Waals surface area contributed by atoms with Gasteiger partial charge in [0.05, 0.1) is 6.10 Å². The highest BCUT2D eigenvalue weighted by Gasteiger charge is 2.37. The van der Waals surface area contributed by atoms with Crippen molar-refractivity contribution in [2.24, 2.45) is 0 Å². The first kappa shape index (κ1) is 10.8. The van der Waals surface area contributed by atoms with Gasteiger partial charge < -0.3 is 10.1 Å². The van der Waals surface area contributed by atoms with Crippen LogP contribution in [-0.4, -0.2) is 36.3 Å². The van der Waals surface area contributed by atoms with Crippen molar-refractivity contribution in [3.63, 3.8) is 0 Å². The monoisotopic (exact) mass is 215 g/mol. The van der Waals surface area contributed by atoms with Crippen LogP contribution in [0, 0.1) is 0 Å². The molecular formula is C11H21NOS. The highest BCUT2D eigenvalue weighted by atomic mass is 32.2. The van der Waals surface area contributed by atoms with Gasteiger partial charge in [-0.05, 0) is 32.4 Å². The average molecular weight is 215 g/mol. The Kier molecular flexibility index (Phi) is 3.40. The lowest BCUT2D eigenvalue weighted by Crippen LogP contribution is -2.48. The summed E-state index contributed by atoms with van der Waals surface area (Å²) in [4.78, 5) is 0. The van der Waals surface area contributed by atoms with Crippen LogP contribution in [0.25, 0.3) is 0 Å². The molecule has 2 rings (SSSR count). The van der Waals surface area contributed by atoms with Crippen LogP contribution in [0.15, 0.2) is 0 Å². The molecule has 0 aromatic rings. The first-order chi connectivity index (χ1) is 6.76. The summed E-state index contributed by atoms with van der Waals surface area (Å²) in [6, 6.07) is 0.597. The van der Waals surface area contributed by atoms with Gasteiger partial charge in [0.2, 0.25) is 0 Å². The molecule has 14 heavy (non-hydrogen) atoms. The molecule has 2 fully saturated rings. The predicted octanol–water partition coefficient (Wildman–Crippen LogP) is 2.04. The molecule has 1 aliphatic heterocycles. The molecule has 0 spiro atoms. The Morgan fingerprint density at radius 1 is 1.50 bits per heavy atom. The molecule has 0 radical (unpaired) electrons. The summed E-state index contributed by atoms with van der Waals surface area (Å²) in [6.07, 6.45) is 8.04. The molecular weight excluding hydrogens is 194 g/mol. The van der Waals surface area contributed by atoms with Crippen molar-refractivity contribution in [3.8, 4) is 0 Å². The van der Waals surface area contributed by atoms with E-state index in [0.717, 1.165) is 6.61 Å². The quantitative estimate of drug-likeness (QED) is 0.775. The van der Waals surface area contributed by atoms with Crippen molar-refractivity contribution in [1.29, 1.82) is 0 Å².